The van der Waals surface area contributed by atoms with Crippen molar-refractivity contribution in [3.63, 3.8) is 0 Å². The predicted molar refractivity (Wildman–Crippen MR) is 78.2 cm³/mol. The molecule has 1 saturated heterocycles. The maximum atomic E-state index is 11.8. The molecule has 104 valence electrons. The van der Waals surface area contributed by atoms with Crippen molar-refractivity contribution in [1.82, 2.24) is 10.6 Å². The summed E-state index contributed by atoms with van der Waals surface area (Å²) < 4.78 is 6.34. The first-order valence-electron chi connectivity index (χ1n) is 6.54. The number of ether oxygens (including phenoxy) is 1. The molecule has 0 radical (unpaired) electrons. The average Bonchev–Trinajstić information content (AvgIpc) is 2.61. The molecule has 0 spiro atoms. The number of amides is 1. The van der Waals surface area contributed by atoms with Crippen molar-refractivity contribution in [3.05, 3.63) is 28.2 Å². The number of methoxy groups -OCH3 is 1. The Labute approximate surface area is 122 Å². The van der Waals surface area contributed by atoms with E-state index in [0.29, 0.717) is 6.54 Å². The molecule has 0 aromatic heterocycles. The van der Waals surface area contributed by atoms with Crippen molar-refractivity contribution in [1.29, 1.82) is 0 Å². The highest BCUT2D eigenvalue weighted by Gasteiger charge is 2.20. The van der Waals surface area contributed by atoms with Crippen LogP contribution >= 0.6 is 15.9 Å². The summed E-state index contributed by atoms with van der Waals surface area (Å²) in [5, 5.41) is 6.25. The van der Waals surface area contributed by atoms with Gasteiger partial charge in [-0.2, -0.15) is 0 Å². The van der Waals surface area contributed by atoms with Crippen molar-refractivity contribution in [3.8, 4) is 5.75 Å². The second-order valence-electron chi connectivity index (χ2n) is 4.68. The molecular weight excluding hydrogens is 308 g/mol. The molecule has 0 aliphatic carbocycles. The minimum atomic E-state index is -0.105. The van der Waals surface area contributed by atoms with Crippen molar-refractivity contribution in [2.45, 2.75) is 31.8 Å². The number of carbonyl (C=O) groups excluding carboxylic acids is 1. The van der Waals surface area contributed by atoms with Crippen LogP contribution in [0.4, 0.5) is 0 Å². The van der Waals surface area contributed by atoms with E-state index >= 15 is 0 Å². The highest BCUT2D eigenvalue weighted by Crippen LogP contribution is 2.23. The summed E-state index contributed by atoms with van der Waals surface area (Å²) in [6, 6.07) is 5.78. The smallest absolute Gasteiger partial charge is 0.237 e. The van der Waals surface area contributed by atoms with E-state index in [-0.39, 0.29) is 11.9 Å². The molecule has 1 unspecified atom stereocenters. The normalized spacial score (nSPS) is 19.7. The van der Waals surface area contributed by atoms with Crippen molar-refractivity contribution in [2.75, 3.05) is 13.7 Å². The molecule has 4 nitrogen and oxygen atoms in total. The summed E-state index contributed by atoms with van der Waals surface area (Å²) >= 11 is 3.45. The number of nitrogens with one attached hydrogen (secondary N) is 2. The lowest BCUT2D eigenvalue weighted by Gasteiger charge is -2.16. The molecule has 1 amide bonds. The Morgan fingerprint density at radius 1 is 1.47 bits per heavy atom. The van der Waals surface area contributed by atoms with E-state index in [1.807, 2.05) is 18.2 Å². The van der Waals surface area contributed by atoms with E-state index in [4.69, 9.17) is 4.74 Å². The van der Waals surface area contributed by atoms with E-state index < -0.39 is 0 Å². The Kier molecular flexibility index (Phi) is 5.22. The minimum absolute atomic E-state index is 0.103. The first kappa shape index (κ1) is 14.3. The van der Waals surface area contributed by atoms with Crippen LogP contribution < -0.4 is 15.4 Å². The Balaban J connectivity index is 2.01. The van der Waals surface area contributed by atoms with Crippen LogP contribution in [0.15, 0.2) is 22.7 Å². The van der Waals surface area contributed by atoms with Gasteiger partial charge in [-0.15, -0.1) is 0 Å². The fourth-order valence-corrected chi connectivity index (χ4v) is 2.66. The Morgan fingerprint density at radius 2 is 2.32 bits per heavy atom. The van der Waals surface area contributed by atoms with E-state index in [2.05, 4.69) is 26.6 Å². The molecule has 2 N–H and O–H groups in total. The first-order valence-corrected chi connectivity index (χ1v) is 7.33. The van der Waals surface area contributed by atoms with Gasteiger partial charge in [-0.1, -0.05) is 15.9 Å². The number of rotatable bonds is 4. The second kappa shape index (κ2) is 6.91. The molecule has 1 aliphatic heterocycles. The minimum Gasteiger partial charge on any atom is -0.496 e. The molecule has 1 fully saturated rings. The highest BCUT2D eigenvalue weighted by atomic mass is 79.9. The fourth-order valence-electron chi connectivity index (χ4n) is 2.25. The van der Waals surface area contributed by atoms with E-state index in [0.717, 1.165) is 41.6 Å². The van der Waals surface area contributed by atoms with E-state index in [1.54, 1.807) is 7.11 Å². The number of halogens is 1. The van der Waals surface area contributed by atoms with Crippen LogP contribution in [0.25, 0.3) is 0 Å². The molecule has 19 heavy (non-hydrogen) atoms. The number of hydrogen-bond donors (Lipinski definition) is 2. The quantitative estimate of drug-likeness (QED) is 0.892. The van der Waals surface area contributed by atoms with Crippen LogP contribution in [0.2, 0.25) is 0 Å². The highest BCUT2D eigenvalue weighted by molar-refractivity contribution is 9.10. The summed E-state index contributed by atoms with van der Waals surface area (Å²) in [7, 11) is 1.66. The van der Waals surface area contributed by atoms with Crippen LogP contribution in [-0.2, 0) is 11.3 Å². The molecule has 0 bridgehead atoms. The molecule has 1 aromatic rings. The Bertz CT molecular complexity index is 451. The van der Waals surface area contributed by atoms with Gasteiger partial charge >= 0.3 is 0 Å². The third kappa shape index (κ3) is 3.94. The van der Waals surface area contributed by atoms with Gasteiger partial charge in [-0.25, -0.2) is 0 Å². The van der Waals surface area contributed by atoms with Gasteiger partial charge in [0, 0.05) is 23.1 Å². The van der Waals surface area contributed by atoms with Gasteiger partial charge in [0.25, 0.3) is 0 Å². The third-order valence-corrected chi connectivity index (χ3v) is 3.81. The van der Waals surface area contributed by atoms with Gasteiger partial charge in [0.15, 0.2) is 0 Å². The molecule has 0 saturated carbocycles. The average molecular weight is 327 g/mol. The lowest BCUT2D eigenvalue weighted by molar-refractivity contribution is -0.122. The van der Waals surface area contributed by atoms with Gasteiger partial charge in [-0.05, 0) is 37.5 Å². The molecule has 5 heteroatoms. The maximum absolute atomic E-state index is 11.8. The lowest BCUT2D eigenvalue weighted by Crippen LogP contribution is -2.42. The van der Waals surface area contributed by atoms with Gasteiger partial charge < -0.3 is 15.4 Å². The maximum Gasteiger partial charge on any atom is 0.237 e. The monoisotopic (exact) mass is 326 g/mol. The van der Waals surface area contributed by atoms with Crippen LogP contribution in [0, 0.1) is 0 Å². The summed E-state index contributed by atoms with van der Waals surface area (Å²) in [4.78, 5) is 11.8. The van der Waals surface area contributed by atoms with E-state index in [9.17, 15) is 4.79 Å². The molecule has 1 heterocycles. The van der Waals surface area contributed by atoms with Crippen molar-refractivity contribution >= 4 is 21.8 Å². The van der Waals surface area contributed by atoms with Crippen LogP contribution in [0.5, 0.6) is 5.75 Å². The second-order valence-corrected chi connectivity index (χ2v) is 5.59. The molecule has 1 aromatic carbocycles. The number of hydrogen-bond acceptors (Lipinski definition) is 3. The summed E-state index contributed by atoms with van der Waals surface area (Å²) in [5.41, 5.74) is 1.05. The fraction of sp³-hybridized carbons (Fsp3) is 0.500. The van der Waals surface area contributed by atoms with E-state index in [1.165, 1.54) is 0 Å². The largest absolute Gasteiger partial charge is 0.496 e. The SMILES string of the molecule is COc1ccc(Br)cc1CNC1CCCCNC1=O. The Hall–Kier alpha value is -1.07. The van der Waals surface area contributed by atoms with Gasteiger partial charge in [0.2, 0.25) is 5.91 Å². The van der Waals surface area contributed by atoms with Gasteiger partial charge in [0.1, 0.15) is 5.75 Å². The topological polar surface area (TPSA) is 50.4 Å². The summed E-state index contributed by atoms with van der Waals surface area (Å²) in [5.74, 6) is 0.941. The Morgan fingerprint density at radius 3 is 3.11 bits per heavy atom. The summed E-state index contributed by atoms with van der Waals surface area (Å²) in [6.45, 7) is 1.41. The zero-order valence-electron chi connectivity index (χ0n) is 11.0. The first-order chi connectivity index (χ1) is 9.20. The van der Waals surface area contributed by atoms with Crippen LogP contribution in [-0.4, -0.2) is 25.6 Å². The number of carbonyl (C=O) groups is 1. The molecular formula is C14H19BrN2O2. The van der Waals surface area contributed by atoms with Crippen molar-refractivity contribution in [2.24, 2.45) is 0 Å². The zero-order chi connectivity index (χ0) is 13.7. The summed E-state index contributed by atoms with van der Waals surface area (Å²) in [6.07, 6.45) is 3.03. The third-order valence-electron chi connectivity index (χ3n) is 3.32. The standard InChI is InChI=1S/C14H19BrN2O2/c1-19-13-6-5-11(15)8-10(13)9-17-12-4-2-3-7-16-14(12)18/h5-6,8,12,17H,2-4,7,9H2,1H3,(H,16,18). The van der Waals surface area contributed by atoms with Gasteiger partial charge in [-0.3, -0.25) is 4.79 Å². The number of benzene rings is 1. The molecule has 2 rings (SSSR count). The zero-order valence-corrected chi connectivity index (χ0v) is 12.6. The predicted octanol–water partition coefficient (Wildman–Crippen LogP) is 2.22. The lowest BCUT2D eigenvalue weighted by atomic mass is 10.1. The van der Waals surface area contributed by atoms with Crippen LogP contribution in [0.1, 0.15) is 24.8 Å². The molecule has 1 atom stereocenters. The van der Waals surface area contributed by atoms with Crippen molar-refractivity contribution < 1.29 is 9.53 Å². The molecule has 1 aliphatic rings. The van der Waals surface area contributed by atoms with Gasteiger partial charge in [0.05, 0.1) is 13.2 Å². The van der Waals surface area contributed by atoms with Crippen LogP contribution in [0.3, 0.4) is 0 Å².